The van der Waals surface area contributed by atoms with E-state index in [9.17, 15) is 5.11 Å². The fourth-order valence-electron chi connectivity index (χ4n) is 3.25. The summed E-state index contributed by atoms with van der Waals surface area (Å²) < 4.78 is 4.52. The molecule has 2 aromatic carbocycles. The fraction of sp³-hybridized carbons (Fsp3) is 0.211. The zero-order chi connectivity index (χ0) is 15.8. The highest BCUT2D eigenvalue weighted by Gasteiger charge is 2.35. The van der Waals surface area contributed by atoms with E-state index in [4.69, 9.17) is 0 Å². The fourth-order valence-corrected chi connectivity index (χ4v) is 4.31. The molecule has 4 rings (SSSR count). The Bertz CT molecular complexity index is 828. The molecule has 1 aliphatic heterocycles. The maximum atomic E-state index is 10.1. The molecule has 0 aliphatic carbocycles. The van der Waals surface area contributed by atoms with Crippen molar-refractivity contribution in [1.29, 1.82) is 0 Å². The van der Waals surface area contributed by atoms with Gasteiger partial charge in [0.25, 0.3) is 0 Å². The minimum Gasteiger partial charge on any atom is -0.388 e. The normalized spacial score (nSPS) is 17.0. The van der Waals surface area contributed by atoms with Crippen molar-refractivity contribution in [3.63, 3.8) is 0 Å². The first-order valence-corrected chi connectivity index (χ1v) is 8.78. The van der Waals surface area contributed by atoms with E-state index in [-0.39, 0.29) is 6.10 Å². The quantitative estimate of drug-likeness (QED) is 0.734. The average Bonchev–Trinajstić information content (AvgIpc) is 2.88. The molecule has 0 radical (unpaired) electrons. The number of thioether (sulfide) groups is 1. The molecule has 0 amide bonds. The highest BCUT2D eigenvalue weighted by atomic mass is 32.2. The first-order valence-electron chi connectivity index (χ1n) is 7.80. The molecule has 1 atom stereocenters. The Kier molecular flexibility index (Phi) is 3.71. The number of imidazole rings is 1. The number of benzene rings is 2. The van der Waals surface area contributed by atoms with Crippen LogP contribution in [-0.2, 0) is 13.6 Å². The van der Waals surface area contributed by atoms with Crippen molar-refractivity contribution in [2.24, 2.45) is 7.05 Å². The van der Waals surface area contributed by atoms with Crippen molar-refractivity contribution in [2.45, 2.75) is 17.8 Å². The van der Waals surface area contributed by atoms with Crippen LogP contribution >= 0.6 is 11.8 Å². The number of aromatic nitrogens is 2. The van der Waals surface area contributed by atoms with Crippen LogP contribution < -0.4 is 4.57 Å². The van der Waals surface area contributed by atoms with E-state index in [1.54, 1.807) is 11.8 Å². The predicted octanol–water partition coefficient (Wildman–Crippen LogP) is 3.11. The van der Waals surface area contributed by atoms with Crippen LogP contribution in [0.15, 0.2) is 65.8 Å². The summed E-state index contributed by atoms with van der Waals surface area (Å²) in [5, 5.41) is 11.3. The van der Waals surface area contributed by atoms with E-state index in [0.717, 1.165) is 5.75 Å². The molecule has 3 aromatic rings. The molecule has 0 fully saturated rings. The largest absolute Gasteiger partial charge is 0.388 e. The van der Waals surface area contributed by atoms with E-state index in [0.29, 0.717) is 6.54 Å². The minimum absolute atomic E-state index is 0.300. The zero-order valence-electron chi connectivity index (χ0n) is 13.0. The lowest BCUT2D eigenvalue weighted by Crippen LogP contribution is -2.35. The Labute approximate surface area is 140 Å². The van der Waals surface area contributed by atoms with Gasteiger partial charge in [-0.2, -0.15) is 0 Å². The van der Waals surface area contributed by atoms with Gasteiger partial charge < -0.3 is 5.11 Å². The van der Waals surface area contributed by atoms with E-state index in [2.05, 4.69) is 64.7 Å². The number of hydrogen-bond donors (Lipinski definition) is 1. The molecule has 3 nitrogen and oxygen atoms in total. The summed E-state index contributed by atoms with van der Waals surface area (Å²) in [6.45, 7) is 0.646. The van der Waals surface area contributed by atoms with E-state index in [1.165, 1.54) is 27.7 Å². The molecule has 0 spiro atoms. The van der Waals surface area contributed by atoms with Gasteiger partial charge in [-0.05, 0) is 11.8 Å². The smallest absolute Gasteiger partial charge is 0.318 e. The van der Waals surface area contributed by atoms with Crippen LogP contribution in [0.3, 0.4) is 0 Å². The first-order chi connectivity index (χ1) is 11.3. The molecule has 1 aliphatic rings. The van der Waals surface area contributed by atoms with Crippen molar-refractivity contribution in [2.75, 3.05) is 5.75 Å². The van der Waals surface area contributed by atoms with Gasteiger partial charge in [-0.15, -0.1) is 0 Å². The van der Waals surface area contributed by atoms with Crippen LogP contribution in [0.4, 0.5) is 0 Å². The first kappa shape index (κ1) is 14.5. The van der Waals surface area contributed by atoms with E-state index in [1.807, 2.05) is 12.1 Å². The molecule has 1 N–H and O–H groups in total. The average molecular weight is 323 g/mol. The number of fused-ring (bicyclic) bond motifs is 1. The second kappa shape index (κ2) is 5.87. The molecule has 1 aromatic heterocycles. The highest BCUT2D eigenvalue weighted by molar-refractivity contribution is 7.99. The van der Waals surface area contributed by atoms with Gasteiger partial charge in [-0.3, -0.25) is 0 Å². The third kappa shape index (κ3) is 2.48. The number of nitrogens with zero attached hydrogens (tertiary/aromatic N) is 2. The monoisotopic (exact) mass is 323 g/mol. The Hall–Kier alpha value is -2.04. The van der Waals surface area contributed by atoms with Crippen LogP contribution in [0.2, 0.25) is 0 Å². The van der Waals surface area contributed by atoms with Crippen LogP contribution in [-0.4, -0.2) is 21.5 Å². The van der Waals surface area contributed by atoms with Gasteiger partial charge in [0.05, 0.1) is 7.05 Å². The molecule has 0 unspecified atom stereocenters. The molecule has 0 saturated carbocycles. The van der Waals surface area contributed by atoms with Crippen LogP contribution in [0.25, 0.3) is 22.5 Å². The van der Waals surface area contributed by atoms with Crippen molar-refractivity contribution >= 4 is 11.8 Å². The van der Waals surface area contributed by atoms with Gasteiger partial charge in [-0.25, -0.2) is 9.13 Å². The third-order valence-electron chi connectivity index (χ3n) is 4.24. The molecule has 23 heavy (non-hydrogen) atoms. The summed E-state index contributed by atoms with van der Waals surface area (Å²) in [5.41, 5.74) is 4.77. The summed E-state index contributed by atoms with van der Waals surface area (Å²) in [4.78, 5) is 0. The van der Waals surface area contributed by atoms with E-state index >= 15 is 0 Å². The van der Waals surface area contributed by atoms with Crippen LogP contribution in [0.1, 0.15) is 0 Å². The predicted molar refractivity (Wildman–Crippen MR) is 93.2 cm³/mol. The summed E-state index contributed by atoms with van der Waals surface area (Å²) >= 11 is 1.72. The Morgan fingerprint density at radius 1 is 1.00 bits per heavy atom. The third-order valence-corrected chi connectivity index (χ3v) is 5.54. The topological polar surface area (TPSA) is 29.0 Å². The molecular formula is C19H19N2OS+. The molecule has 0 bridgehead atoms. The van der Waals surface area contributed by atoms with Gasteiger partial charge >= 0.3 is 5.16 Å². The van der Waals surface area contributed by atoms with Gasteiger partial charge in [-0.1, -0.05) is 60.7 Å². The Morgan fingerprint density at radius 2 is 1.61 bits per heavy atom. The van der Waals surface area contributed by atoms with Crippen molar-refractivity contribution in [3.05, 3.63) is 60.7 Å². The summed E-state index contributed by atoms with van der Waals surface area (Å²) in [6.07, 6.45) is -0.300. The maximum absolute atomic E-state index is 10.1. The lowest BCUT2D eigenvalue weighted by atomic mass is 10.0. The zero-order valence-corrected chi connectivity index (χ0v) is 13.8. The van der Waals surface area contributed by atoms with Gasteiger partial charge in [0.2, 0.25) is 0 Å². The SMILES string of the molecule is C[n+]1c(-c2ccccc2)c(-c2ccccc2)n2c1SC[C@H](O)C2. The van der Waals surface area contributed by atoms with Crippen molar-refractivity contribution in [3.8, 4) is 22.5 Å². The van der Waals surface area contributed by atoms with Gasteiger partial charge in [0, 0.05) is 16.9 Å². The van der Waals surface area contributed by atoms with E-state index < -0.39 is 0 Å². The lowest BCUT2D eigenvalue weighted by Gasteiger charge is -2.15. The van der Waals surface area contributed by atoms with Crippen molar-refractivity contribution < 1.29 is 9.67 Å². The molecular weight excluding hydrogens is 304 g/mol. The minimum atomic E-state index is -0.300. The molecule has 0 saturated heterocycles. The van der Waals surface area contributed by atoms with Gasteiger partial charge in [0.15, 0.2) is 11.4 Å². The van der Waals surface area contributed by atoms with Crippen molar-refractivity contribution in [1.82, 2.24) is 4.57 Å². The summed E-state index contributed by atoms with van der Waals surface area (Å²) in [6, 6.07) is 20.9. The maximum Gasteiger partial charge on any atom is 0.318 e. The number of hydrogen-bond acceptors (Lipinski definition) is 2. The highest BCUT2D eigenvalue weighted by Crippen LogP contribution is 2.36. The lowest BCUT2D eigenvalue weighted by molar-refractivity contribution is -0.699. The summed E-state index contributed by atoms with van der Waals surface area (Å²) in [7, 11) is 2.12. The second-order valence-corrected chi connectivity index (χ2v) is 6.83. The molecule has 116 valence electrons. The second-order valence-electron chi connectivity index (χ2n) is 5.85. The number of rotatable bonds is 2. The number of aliphatic hydroxyl groups excluding tert-OH is 1. The molecule has 4 heteroatoms. The van der Waals surface area contributed by atoms with Crippen LogP contribution in [0.5, 0.6) is 0 Å². The van der Waals surface area contributed by atoms with Gasteiger partial charge in [0.1, 0.15) is 12.6 Å². The number of aliphatic hydroxyl groups is 1. The van der Waals surface area contributed by atoms with Crippen LogP contribution in [0, 0.1) is 0 Å². The standard InChI is InChI=1S/C19H19N2OS/c1-20-17(14-8-4-2-5-9-14)18(15-10-6-3-7-11-15)21-12-16(22)13-23-19(20)21/h2-11,16,22H,12-13H2,1H3/q+1/t16-/m1/s1. The Balaban J connectivity index is 2.02. The molecule has 2 heterocycles. The summed E-state index contributed by atoms with van der Waals surface area (Å²) in [5.74, 6) is 0.750. The Morgan fingerprint density at radius 3 is 2.26 bits per heavy atom.